The van der Waals surface area contributed by atoms with Crippen molar-refractivity contribution in [2.24, 2.45) is 4.99 Å². The molecule has 0 spiro atoms. The van der Waals surface area contributed by atoms with E-state index in [1.165, 1.54) is 11.3 Å². The summed E-state index contributed by atoms with van der Waals surface area (Å²) in [5, 5.41) is 11.3. The fraction of sp³-hybridized carbons (Fsp3) is 0.368. The summed E-state index contributed by atoms with van der Waals surface area (Å²) in [6, 6.07) is 11.3. The average Bonchev–Trinajstić information content (AvgIpc) is 3.24. The van der Waals surface area contributed by atoms with Gasteiger partial charge in [-0.1, -0.05) is 18.2 Å². The lowest BCUT2D eigenvalue weighted by Crippen LogP contribution is -2.45. The first-order chi connectivity index (χ1) is 13.3. The summed E-state index contributed by atoms with van der Waals surface area (Å²) in [5.74, 6) is 2.21. The highest BCUT2D eigenvalue weighted by Gasteiger charge is 2.20. The smallest absolute Gasteiger partial charge is 0.261 e. The van der Waals surface area contributed by atoms with Gasteiger partial charge >= 0.3 is 0 Å². The molecule has 0 radical (unpaired) electrons. The molecule has 0 saturated carbocycles. The van der Waals surface area contributed by atoms with Gasteiger partial charge in [-0.15, -0.1) is 35.3 Å². The Morgan fingerprint density at radius 3 is 2.68 bits per heavy atom. The van der Waals surface area contributed by atoms with Gasteiger partial charge in [-0.2, -0.15) is 0 Å². The van der Waals surface area contributed by atoms with Crippen molar-refractivity contribution in [1.82, 2.24) is 16.0 Å². The molecule has 152 valence electrons. The number of guanidine groups is 1. The maximum atomic E-state index is 11.8. The van der Waals surface area contributed by atoms with Gasteiger partial charge in [0, 0.05) is 20.1 Å². The minimum atomic E-state index is -0.0801. The lowest BCUT2D eigenvalue weighted by Gasteiger charge is -2.27. The molecule has 3 N–H and O–H groups in total. The molecule has 3 rings (SSSR count). The van der Waals surface area contributed by atoms with Gasteiger partial charge in [0.25, 0.3) is 5.91 Å². The third-order valence-corrected chi connectivity index (χ3v) is 4.83. The van der Waals surface area contributed by atoms with Crippen LogP contribution in [-0.2, 0) is 0 Å². The number of rotatable bonds is 7. The second-order valence-electron chi connectivity index (χ2n) is 5.96. The van der Waals surface area contributed by atoms with Crippen LogP contribution in [0.1, 0.15) is 16.1 Å². The molecular weight excluding hydrogens is 491 g/mol. The van der Waals surface area contributed by atoms with Crippen LogP contribution in [0.3, 0.4) is 0 Å². The fourth-order valence-electron chi connectivity index (χ4n) is 2.59. The van der Waals surface area contributed by atoms with Gasteiger partial charge in [0.15, 0.2) is 17.5 Å². The normalized spacial score (nSPS) is 15.3. The number of ether oxygens (including phenoxy) is 2. The third-order valence-electron chi connectivity index (χ3n) is 3.96. The van der Waals surface area contributed by atoms with Crippen molar-refractivity contribution < 1.29 is 14.3 Å². The van der Waals surface area contributed by atoms with Crippen molar-refractivity contribution in [3.63, 3.8) is 0 Å². The van der Waals surface area contributed by atoms with Crippen molar-refractivity contribution in [3.8, 4) is 11.5 Å². The van der Waals surface area contributed by atoms with Crippen LogP contribution < -0.4 is 25.4 Å². The molecule has 1 aliphatic rings. The molecule has 1 aromatic carbocycles. The summed E-state index contributed by atoms with van der Waals surface area (Å²) < 4.78 is 11.6. The van der Waals surface area contributed by atoms with Gasteiger partial charge < -0.3 is 25.4 Å². The molecule has 7 nitrogen and oxygen atoms in total. The molecule has 1 aromatic heterocycles. The Balaban J connectivity index is 0.00000280. The van der Waals surface area contributed by atoms with E-state index in [2.05, 4.69) is 20.9 Å². The molecule has 0 saturated heterocycles. The van der Waals surface area contributed by atoms with Crippen LogP contribution in [-0.4, -0.2) is 51.3 Å². The number of hydrogen-bond acceptors (Lipinski definition) is 5. The van der Waals surface area contributed by atoms with Crippen LogP contribution in [0.15, 0.2) is 46.8 Å². The van der Waals surface area contributed by atoms with Crippen LogP contribution in [0, 0.1) is 0 Å². The quantitative estimate of drug-likeness (QED) is 0.228. The van der Waals surface area contributed by atoms with Crippen molar-refractivity contribution in [1.29, 1.82) is 0 Å². The Bertz CT molecular complexity index is 770. The molecule has 1 aliphatic heterocycles. The van der Waals surface area contributed by atoms with E-state index < -0.39 is 0 Å². The number of fused-ring (bicyclic) bond motifs is 1. The van der Waals surface area contributed by atoms with Crippen LogP contribution in [0.4, 0.5) is 0 Å². The number of nitrogens with zero attached hydrogens (tertiary/aromatic N) is 1. The SMILES string of the molecule is CN=C(NCCCNC(=O)c1cccs1)NCC1COc2ccccc2O1.I. The summed E-state index contributed by atoms with van der Waals surface area (Å²) in [6.07, 6.45) is 0.720. The zero-order valence-corrected chi connectivity index (χ0v) is 18.8. The number of hydrogen-bond donors (Lipinski definition) is 3. The Hall–Kier alpha value is -2.01. The van der Waals surface area contributed by atoms with Crippen LogP contribution in [0.5, 0.6) is 11.5 Å². The number of carbonyl (C=O) groups is 1. The van der Waals surface area contributed by atoms with E-state index in [0.717, 1.165) is 22.8 Å². The number of amides is 1. The minimum absolute atomic E-state index is 0. The largest absolute Gasteiger partial charge is 0.486 e. The highest BCUT2D eigenvalue weighted by Crippen LogP contribution is 2.30. The second-order valence-corrected chi connectivity index (χ2v) is 6.91. The van der Waals surface area contributed by atoms with Crippen LogP contribution in [0.2, 0.25) is 0 Å². The van der Waals surface area contributed by atoms with E-state index in [1.54, 1.807) is 7.05 Å². The lowest BCUT2D eigenvalue weighted by molar-refractivity contribution is 0.0936. The fourth-order valence-corrected chi connectivity index (χ4v) is 3.23. The number of nitrogens with one attached hydrogen (secondary N) is 3. The lowest BCUT2D eigenvalue weighted by atomic mass is 10.2. The van der Waals surface area contributed by atoms with Crippen LogP contribution >= 0.6 is 35.3 Å². The maximum absolute atomic E-state index is 11.8. The Morgan fingerprint density at radius 2 is 1.93 bits per heavy atom. The van der Waals surface area contributed by atoms with E-state index in [4.69, 9.17) is 9.47 Å². The zero-order valence-electron chi connectivity index (χ0n) is 15.6. The molecule has 2 aromatic rings. The van der Waals surface area contributed by atoms with Crippen molar-refractivity contribution in [2.45, 2.75) is 12.5 Å². The highest BCUT2D eigenvalue weighted by molar-refractivity contribution is 14.0. The average molecular weight is 516 g/mol. The molecule has 9 heteroatoms. The Morgan fingerprint density at radius 1 is 1.14 bits per heavy atom. The van der Waals surface area contributed by atoms with Gasteiger partial charge in [0.1, 0.15) is 12.7 Å². The van der Waals surface area contributed by atoms with E-state index in [0.29, 0.717) is 32.2 Å². The molecular formula is C19H25IN4O3S. The molecule has 0 bridgehead atoms. The summed E-state index contributed by atoms with van der Waals surface area (Å²) >= 11 is 1.44. The summed E-state index contributed by atoms with van der Waals surface area (Å²) in [6.45, 7) is 2.39. The molecule has 2 heterocycles. The first-order valence-electron chi connectivity index (χ1n) is 8.91. The third kappa shape index (κ3) is 6.55. The van der Waals surface area contributed by atoms with E-state index in [1.807, 2.05) is 41.8 Å². The first kappa shape index (κ1) is 22.3. The number of aliphatic imine (C=N–C) groups is 1. The predicted molar refractivity (Wildman–Crippen MR) is 122 cm³/mol. The second kappa shape index (κ2) is 11.7. The Kier molecular flexibility index (Phi) is 9.35. The predicted octanol–water partition coefficient (Wildman–Crippen LogP) is 2.49. The number of thiophene rings is 1. The van der Waals surface area contributed by atoms with Gasteiger partial charge in [0.05, 0.1) is 11.4 Å². The topological polar surface area (TPSA) is 84.0 Å². The highest BCUT2D eigenvalue weighted by atomic mass is 127. The number of para-hydroxylation sites is 2. The first-order valence-corrected chi connectivity index (χ1v) is 9.79. The van der Waals surface area contributed by atoms with Gasteiger partial charge in [-0.3, -0.25) is 9.79 Å². The molecule has 28 heavy (non-hydrogen) atoms. The van der Waals surface area contributed by atoms with E-state index in [9.17, 15) is 4.79 Å². The number of halogens is 1. The summed E-state index contributed by atoms with van der Waals surface area (Å²) in [4.78, 5) is 16.8. The summed E-state index contributed by atoms with van der Waals surface area (Å²) in [7, 11) is 1.72. The van der Waals surface area contributed by atoms with Crippen molar-refractivity contribution >= 4 is 47.2 Å². The number of carbonyl (C=O) groups excluding carboxylic acids is 1. The molecule has 0 aliphatic carbocycles. The minimum Gasteiger partial charge on any atom is -0.486 e. The summed E-state index contributed by atoms with van der Waals surface area (Å²) in [5.41, 5.74) is 0. The van der Waals surface area contributed by atoms with Gasteiger partial charge in [-0.05, 0) is 30.0 Å². The Labute approximate surface area is 185 Å². The standard InChI is InChI=1S/C19H24N4O3S.HI/c1-20-19(22-10-5-9-21-18(24)17-8-4-11-27-17)23-12-14-13-25-15-6-2-3-7-16(15)26-14;/h2-4,6-8,11,14H,5,9-10,12-13H2,1H3,(H,21,24)(H2,20,22,23);1H. The van der Waals surface area contributed by atoms with Crippen LogP contribution in [0.25, 0.3) is 0 Å². The molecule has 1 unspecified atom stereocenters. The van der Waals surface area contributed by atoms with Crippen molar-refractivity contribution in [3.05, 3.63) is 46.7 Å². The maximum Gasteiger partial charge on any atom is 0.261 e. The molecule has 1 atom stereocenters. The monoisotopic (exact) mass is 516 g/mol. The van der Waals surface area contributed by atoms with E-state index in [-0.39, 0.29) is 36.0 Å². The zero-order chi connectivity index (χ0) is 18.9. The van der Waals surface area contributed by atoms with Crippen molar-refractivity contribution in [2.75, 3.05) is 33.3 Å². The van der Waals surface area contributed by atoms with Gasteiger partial charge in [0.2, 0.25) is 0 Å². The number of benzene rings is 1. The van der Waals surface area contributed by atoms with E-state index >= 15 is 0 Å². The van der Waals surface area contributed by atoms with Gasteiger partial charge in [-0.25, -0.2) is 0 Å². The molecule has 0 fully saturated rings. The molecule has 1 amide bonds.